The number of nitrogens with two attached hydrogens (primary N) is 1. The predicted molar refractivity (Wildman–Crippen MR) is 64.0 cm³/mol. The van der Waals surface area contributed by atoms with E-state index in [4.69, 9.17) is 5.73 Å². The summed E-state index contributed by atoms with van der Waals surface area (Å²) in [5.74, 6) is 0.795. The number of hydrogen-bond acceptors (Lipinski definition) is 3. The van der Waals surface area contributed by atoms with Crippen molar-refractivity contribution >= 4 is 5.91 Å². The van der Waals surface area contributed by atoms with Gasteiger partial charge in [0.15, 0.2) is 0 Å². The third-order valence-electron chi connectivity index (χ3n) is 3.95. The summed E-state index contributed by atoms with van der Waals surface area (Å²) in [5.41, 5.74) is 5.58. The zero-order valence-electron chi connectivity index (χ0n) is 10.1. The number of amides is 1. The van der Waals surface area contributed by atoms with Crippen LogP contribution in [0.25, 0.3) is 0 Å². The van der Waals surface area contributed by atoms with Gasteiger partial charge in [0.1, 0.15) is 0 Å². The fourth-order valence-corrected chi connectivity index (χ4v) is 2.63. The average Bonchev–Trinajstić information content (AvgIpc) is 2.68. The Labute approximate surface area is 97.6 Å². The van der Waals surface area contributed by atoms with Gasteiger partial charge in [0.05, 0.1) is 6.04 Å². The van der Waals surface area contributed by atoms with E-state index >= 15 is 0 Å². The largest absolute Gasteiger partial charge is 0.352 e. The molecule has 92 valence electrons. The minimum absolute atomic E-state index is 0.0170. The van der Waals surface area contributed by atoms with Crippen LogP contribution in [0.3, 0.4) is 0 Å². The van der Waals surface area contributed by atoms with Gasteiger partial charge < -0.3 is 11.1 Å². The van der Waals surface area contributed by atoms with E-state index in [0.29, 0.717) is 12.0 Å². The van der Waals surface area contributed by atoms with Gasteiger partial charge in [0, 0.05) is 19.1 Å². The van der Waals surface area contributed by atoms with Crippen LogP contribution in [0.15, 0.2) is 0 Å². The maximum atomic E-state index is 11.9. The normalized spacial score (nSPS) is 25.4. The first kappa shape index (κ1) is 11.9. The van der Waals surface area contributed by atoms with Crippen LogP contribution in [-0.2, 0) is 4.79 Å². The van der Waals surface area contributed by atoms with Crippen molar-refractivity contribution in [2.75, 3.05) is 19.6 Å². The standard InChI is InChI=1S/C12H23N3O/c1-9(15-7-10(6-13)8-15)12(16)14-11-4-2-3-5-11/h9-11H,2-8,13H2,1H3,(H,14,16). The molecule has 0 aromatic heterocycles. The first-order chi connectivity index (χ1) is 7.70. The highest BCUT2D eigenvalue weighted by Crippen LogP contribution is 2.20. The van der Waals surface area contributed by atoms with Crippen LogP contribution in [0, 0.1) is 5.92 Å². The summed E-state index contributed by atoms with van der Waals surface area (Å²) >= 11 is 0. The van der Waals surface area contributed by atoms with Gasteiger partial charge in [-0.2, -0.15) is 0 Å². The monoisotopic (exact) mass is 225 g/mol. The molecule has 1 aliphatic heterocycles. The zero-order valence-corrected chi connectivity index (χ0v) is 10.1. The maximum absolute atomic E-state index is 11.9. The molecule has 1 heterocycles. The smallest absolute Gasteiger partial charge is 0.237 e. The van der Waals surface area contributed by atoms with Gasteiger partial charge in [0.2, 0.25) is 5.91 Å². The molecule has 2 fully saturated rings. The van der Waals surface area contributed by atoms with E-state index in [2.05, 4.69) is 10.2 Å². The minimum Gasteiger partial charge on any atom is -0.352 e. The van der Waals surface area contributed by atoms with Gasteiger partial charge in [-0.25, -0.2) is 0 Å². The summed E-state index contributed by atoms with van der Waals surface area (Å²) in [4.78, 5) is 14.2. The summed E-state index contributed by atoms with van der Waals surface area (Å²) in [6, 6.07) is 0.449. The lowest BCUT2D eigenvalue weighted by Gasteiger charge is -2.42. The van der Waals surface area contributed by atoms with Gasteiger partial charge in [0.25, 0.3) is 0 Å². The number of hydrogen-bond donors (Lipinski definition) is 2. The Morgan fingerprint density at radius 1 is 1.44 bits per heavy atom. The summed E-state index contributed by atoms with van der Waals surface area (Å²) in [5, 5.41) is 3.15. The Bertz CT molecular complexity index is 245. The maximum Gasteiger partial charge on any atom is 0.237 e. The van der Waals surface area contributed by atoms with Crippen LogP contribution in [0.2, 0.25) is 0 Å². The van der Waals surface area contributed by atoms with Crippen molar-refractivity contribution in [1.29, 1.82) is 0 Å². The number of nitrogens with one attached hydrogen (secondary N) is 1. The zero-order chi connectivity index (χ0) is 11.5. The molecule has 1 saturated carbocycles. The average molecular weight is 225 g/mol. The third kappa shape index (κ3) is 2.55. The quantitative estimate of drug-likeness (QED) is 0.724. The van der Waals surface area contributed by atoms with E-state index in [1.807, 2.05) is 6.92 Å². The molecule has 0 bridgehead atoms. The second kappa shape index (κ2) is 5.15. The van der Waals surface area contributed by atoms with E-state index < -0.39 is 0 Å². The van der Waals surface area contributed by atoms with Crippen molar-refractivity contribution in [3.8, 4) is 0 Å². The molecule has 1 aliphatic carbocycles. The highest BCUT2D eigenvalue weighted by Gasteiger charge is 2.33. The molecule has 1 amide bonds. The van der Waals surface area contributed by atoms with Crippen LogP contribution in [0.1, 0.15) is 32.6 Å². The molecule has 0 aromatic carbocycles. The molecule has 4 nitrogen and oxygen atoms in total. The number of nitrogens with zero attached hydrogens (tertiary/aromatic N) is 1. The molecule has 3 N–H and O–H groups in total. The molecule has 0 spiro atoms. The molecule has 1 atom stereocenters. The van der Waals surface area contributed by atoms with Crippen molar-refractivity contribution in [3.63, 3.8) is 0 Å². The Hall–Kier alpha value is -0.610. The first-order valence-corrected chi connectivity index (χ1v) is 6.45. The lowest BCUT2D eigenvalue weighted by Crippen LogP contribution is -2.58. The predicted octanol–water partition coefficient (Wildman–Crippen LogP) is 0.324. The second-order valence-electron chi connectivity index (χ2n) is 5.22. The SMILES string of the molecule is CC(C(=O)NC1CCCC1)N1CC(CN)C1. The lowest BCUT2D eigenvalue weighted by atomic mass is 9.98. The molecule has 1 saturated heterocycles. The number of carbonyl (C=O) groups excluding carboxylic acids is 1. The summed E-state index contributed by atoms with van der Waals surface area (Å²) in [7, 11) is 0. The molecule has 2 rings (SSSR count). The number of rotatable bonds is 4. The number of likely N-dealkylation sites (tertiary alicyclic amines) is 1. The van der Waals surface area contributed by atoms with E-state index in [1.165, 1.54) is 12.8 Å². The molecule has 0 radical (unpaired) electrons. The summed E-state index contributed by atoms with van der Waals surface area (Å²) < 4.78 is 0. The Kier molecular flexibility index (Phi) is 3.82. The van der Waals surface area contributed by atoms with Gasteiger partial charge in [-0.15, -0.1) is 0 Å². The van der Waals surface area contributed by atoms with Crippen molar-refractivity contribution in [2.24, 2.45) is 11.7 Å². The van der Waals surface area contributed by atoms with Gasteiger partial charge >= 0.3 is 0 Å². The minimum atomic E-state index is 0.0170. The molecule has 2 aliphatic rings. The Balaban J connectivity index is 1.72. The van der Waals surface area contributed by atoms with E-state index in [-0.39, 0.29) is 11.9 Å². The molecule has 16 heavy (non-hydrogen) atoms. The van der Waals surface area contributed by atoms with Crippen LogP contribution in [0.5, 0.6) is 0 Å². The highest BCUT2D eigenvalue weighted by atomic mass is 16.2. The molecular weight excluding hydrogens is 202 g/mol. The van der Waals surface area contributed by atoms with Gasteiger partial charge in [-0.05, 0) is 32.2 Å². The van der Waals surface area contributed by atoms with Crippen LogP contribution < -0.4 is 11.1 Å². The molecular formula is C12H23N3O. The van der Waals surface area contributed by atoms with Crippen LogP contribution in [-0.4, -0.2) is 42.5 Å². The van der Waals surface area contributed by atoms with Crippen molar-refractivity contribution in [3.05, 3.63) is 0 Å². The van der Waals surface area contributed by atoms with Crippen LogP contribution >= 0.6 is 0 Å². The first-order valence-electron chi connectivity index (χ1n) is 6.45. The molecule has 1 unspecified atom stereocenters. The van der Waals surface area contributed by atoms with Crippen molar-refractivity contribution in [1.82, 2.24) is 10.2 Å². The third-order valence-corrected chi connectivity index (χ3v) is 3.95. The van der Waals surface area contributed by atoms with E-state index in [1.54, 1.807) is 0 Å². The fourth-order valence-electron chi connectivity index (χ4n) is 2.63. The number of carbonyl (C=O) groups is 1. The van der Waals surface area contributed by atoms with Crippen LogP contribution in [0.4, 0.5) is 0 Å². The summed E-state index contributed by atoms with van der Waals surface area (Å²) in [6.45, 7) is 4.70. The highest BCUT2D eigenvalue weighted by molar-refractivity contribution is 5.81. The summed E-state index contributed by atoms with van der Waals surface area (Å²) in [6.07, 6.45) is 4.84. The second-order valence-corrected chi connectivity index (χ2v) is 5.22. The van der Waals surface area contributed by atoms with Gasteiger partial charge in [-0.3, -0.25) is 9.69 Å². The van der Waals surface area contributed by atoms with E-state index in [0.717, 1.165) is 32.5 Å². The van der Waals surface area contributed by atoms with E-state index in [9.17, 15) is 4.79 Å². The van der Waals surface area contributed by atoms with Crippen molar-refractivity contribution < 1.29 is 4.79 Å². The van der Waals surface area contributed by atoms with Gasteiger partial charge in [-0.1, -0.05) is 12.8 Å². The lowest BCUT2D eigenvalue weighted by molar-refractivity contribution is -0.129. The Morgan fingerprint density at radius 2 is 2.06 bits per heavy atom. The molecule has 4 heteroatoms. The Morgan fingerprint density at radius 3 is 2.62 bits per heavy atom. The van der Waals surface area contributed by atoms with Crippen molar-refractivity contribution in [2.45, 2.75) is 44.7 Å². The topological polar surface area (TPSA) is 58.4 Å². The molecule has 0 aromatic rings. The fraction of sp³-hybridized carbons (Fsp3) is 0.917.